The van der Waals surface area contributed by atoms with Crippen molar-refractivity contribution in [2.75, 3.05) is 13.2 Å². The Kier molecular flexibility index (Phi) is 6.83. The zero-order chi connectivity index (χ0) is 19.1. The number of ether oxygens (including phenoxy) is 1. The second-order valence-corrected chi connectivity index (χ2v) is 6.63. The van der Waals surface area contributed by atoms with Crippen LogP contribution in [0.5, 0.6) is 0 Å². The van der Waals surface area contributed by atoms with Crippen LogP contribution in [-0.2, 0) is 20.9 Å². The number of hydrogen-bond acceptors (Lipinski definition) is 4. The van der Waals surface area contributed by atoms with Crippen LogP contribution in [0.2, 0.25) is 0 Å². The molecule has 2 aromatic heterocycles. The molecule has 0 bridgehead atoms. The van der Waals surface area contributed by atoms with Crippen molar-refractivity contribution in [2.45, 2.75) is 34.2 Å². The summed E-state index contributed by atoms with van der Waals surface area (Å²) in [7, 11) is 0. The second kappa shape index (κ2) is 9.08. The minimum absolute atomic E-state index is 0.270. The second-order valence-electron chi connectivity index (χ2n) is 6.63. The molecule has 0 aliphatic carbocycles. The van der Waals surface area contributed by atoms with Crippen LogP contribution in [0.25, 0.3) is 6.08 Å². The minimum atomic E-state index is -0.541. The maximum absolute atomic E-state index is 11.8. The van der Waals surface area contributed by atoms with E-state index in [4.69, 9.17) is 9.15 Å². The van der Waals surface area contributed by atoms with Crippen molar-refractivity contribution in [2.24, 2.45) is 5.92 Å². The molecule has 2 heterocycles. The van der Waals surface area contributed by atoms with Crippen LogP contribution in [0.4, 0.5) is 0 Å². The van der Waals surface area contributed by atoms with Gasteiger partial charge in [0.2, 0.25) is 0 Å². The number of rotatable bonds is 8. The molecular formula is C20H26N2O4. The standard InChI is InChI=1S/C20H26N2O4/c1-14(2)11-21-19(23)13-26-20(24)8-7-17-10-15(3)22(16(17)4)12-18-6-5-9-25-18/h5-10,14H,11-13H2,1-4H3,(H,21,23)/b8-7+. The molecule has 1 amide bonds. The molecule has 1 N–H and O–H groups in total. The van der Waals surface area contributed by atoms with Crippen molar-refractivity contribution in [3.8, 4) is 0 Å². The first-order chi connectivity index (χ1) is 12.4. The Hall–Kier alpha value is -2.76. The number of nitrogens with one attached hydrogen (secondary N) is 1. The van der Waals surface area contributed by atoms with E-state index in [1.807, 2.05) is 45.9 Å². The van der Waals surface area contributed by atoms with Crippen molar-refractivity contribution in [1.29, 1.82) is 0 Å². The first-order valence-corrected chi connectivity index (χ1v) is 8.67. The normalized spacial score (nSPS) is 11.3. The Bertz CT molecular complexity index is 770. The Morgan fingerprint density at radius 3 is 2.77 bits per heavy atom. The molecule has 140 valence electrons. The third-order valence-corrected chi connectivity index (χ3v) is 3.96. The molecule has 6 heteroatoms. The highest BCUT2D eigenvalue weighted by Gasteiger charge is 2.10. The molecule has 0 aromatic carbocycles. The highest BCUT2D eigenvalue weighted by atomic mass is 16.5. The van der Waals surface area contributed by atoms with E-state index in [0.717, 1.165) is 22.7 Å². The number of carbonyl (C=O) groups is 2. The van der Waals surface area contributed by atoms with Crippen molar-refractivity contribution >= 4 is 18.0 Å². The lowest BCUT2D eigenvalue weighted by Crippen LogP contribution is -2.31. The SMILES string of the molecule is Cc1cc(/C=C/C(=O)OCC(=O)NCC(C)C)c(C)n1Cc1ccco1. The molecule has 2 aromatic rings. The van der Waals surface area contributed by atoms with Gasteiger partial charge in [0.25, 0.3) is 5.91 Å². The average Bonchev–Trinajstić information content (AvgIpc) is 3.20. The number of aromatic nitrogens is 1. The molecule has 26 heavy (non-hydrogen) atoms. The summed E-state index contributed by atoms with van der Waals surface area (Å²) in [6.45, 7) is 8.92. The smallest absolute Gasteiger partial charge is 0.331 e. The third-order valence-electron chi connectivity index (χ3n) is 3.96. The summed E-state index contributed by atoms with van der Waals surface area (Å²) >= 11 is 0. The largest absolute Gasteiger partial charge is 0.467 e. The van der Waals surface area contributed by atoms with Crippen molar-refractivity contribution in [3.63, 3.8) is 0 Å². The van der Waals surface area contributed by atoms with E-state index in [0.29, 0.717) is 19.0 Å². The quantitative estimate of drug-likeness (QED) is 0.581. The molecule has 0 saturated carbocycles. The van der Waals surface area contributed by atoms with Crippen LogP contribution >= 0.6 is 0 Å². The molecule has 6 nitrogen and oxygen atoms in total. The fourth-order valence-corrected chi connectivity index (χ4v) is 2.51. The van der Waals surface area contributed by atoms with E-state index in [9.17, 15) is 9.59 Å². The molecule has 0 atom stereocenters. The van der Waals surface area contributed by atoms with Gasteiger partial charge in [0.05, 0.1) is 12.8 Å². The average molecular weight is 358 g/mol. The van der Waals surface area contributed by atoms with Gasteiger partial charge in [-0.1, -0.05) is 13.8 Å². The number of hydrogen-bond donors (Lipinski definition) is 1. The first-order valence-electron chi connectivity index (χ1n) is 8.67. The third kappa shape index (κ3) is 5.65. The predicted molar refractivity (Wildman–Crippen MR) is 99.6 cm³/mol. The first kappa shape index (κ1) is 19.6. The van der Waals surface area contributed by atoms with E-state index in [1.165, 1.54) is 6.08 Å². The lowest BCUT2D eigenvalue weighted by atomic mass is 10.2. The van der Waals surface area contributed by atoms with Crippen LogP contribution in [-0.4, -0.2) is 29.6 Å². The summed E-state index contributed by atoms with van der Waals surface area (Å²) in [5, 5.41) is 2.70. The van der Waals surface area contributed by atoms with Gasteiger partial charge in [-0.25, -0.2) is 4.79 Å². The Labute approximate surface area is 153 Å². The molecule has 0 saturated heterocycles. The fraction of sp³-hybridized carbons (Fsp3) is 0.400. The van der Waals surface area contributed by atoms with Gasteiger partial charge in [-0.15, -0.1) is 0 Å². The molecule has 0 aliphatic heterocycles. The fourth-order valence-electron chi connectivity index (χ4n) is 2.51. The summed E-state index contributed by atoms with van der Waals surface area (Å²) in [4.78, 5) is 23.4. The molecule has 2 rings (SSSR count). The van der Waals surface area contributed by atoms with Gasteiger partial charge >= 0.3 is 5.97 Å². The van der Waals surface area contributed by atoms with Crippen molar-refractivity contribution < 1.29 is 18.7 Å². The van der Waals surface area contributed by atoms with Crippen LogP contribution in [0.3, 0.4) is 0 Å². The summed E-state index contributed by atoms with van der Waals surface area (Å²) in [6.07, 6.45) is 4.70. The Morgan fingerprint density at radius 1 is 1.35 bits per heavy atom. The van der Waals surface area contributed by atoms with Gasteiger partial charge in [-0.05, 0) is 49.6 Å². The van der Waals surface area contributed by atoms with Crippen LogP contribution in [0, 0.1) is 19.8 Å². The molecule has 0 fully saturated rings. The van der Waals surface area contributed by atoms with E-state index in [2.05, 4.69) is 9.88 Å². The van der Waals surface area contributed by atoms with Crippen molar-refractivity contribution in [3.05, 3.63) is 53.2 Å². The van der Waals surface area contributed by atoms with Gasteiger partial charge in [0.1, 0.15) is 5.76 Å². The van der Waals surface area contributed by atoms with Gasteiger partial charge in [-0.3, -0.25) is 4.79 Å². The lowest BCUT2D eigenvalue weighted by molar-refractivity contribution is -0.143. The lowest BCUT2D eigenvalue weighted by Gasteiger charge is -2.07. The number of aryl methyl sites for hydroxylation is 1. The van der Waals surface area contributed by atoms with Gasteiger partial charge in [-0.2, -0.15) is 0 Å². The summed E-state index contributed by atoms with van der Waals surface area (Å²) in [5.74, 6) is 0.387. The Morgan fingerprint density at radius 2 is 2.12 bits per heavy atom. The number of esters is 1. The topological polar surface area (TPSA) is 73.5 Å². The Balaban J connectivity index is 1.91. The predicted octanol–water partition coefficient (Wildman–Crippen LogP) is 3.07. The van der Waals surface area contributed by atoms with Gasteiger partial charge < -0.3 is 19.0 Å². The monoisotopic (exact) mass is 358 g/mol. The molecule has 0 aliphatic rings. The molecule has 0 unspecified atom stereocenters. The van der Waals surface area contributed by atoms with E-state index in [1.54, 1.807) is 12.3 Å². The highest BCUT2D eigenvalue weighted by Crippen LogP contribution is 2.18. The van der Waals surface area contributed by atoms with Gasteiger partial charge in [0, 0.05) is 24.0 Å². The van der Waals surface area contributed by atoms with Crippen LogP contribution < -0.4 is 5.32 Å². The molecule has 0 spiro atoms. The van der Waals surface area contributed by atoms with Crippen molar-refractivity contribution in [1.82, 2.24) is 9.88 Å². The molecule has 0 radical (unpaired) electrons. The van der Waals surface area contributed by atoms with Crippen LogP contribution in [0.1, 0.15) is 36.6 Å². The number of nitrogens with zero attached hydrogens (tertiary/aromatic N) is 1. The van der Waals surface area contributed by atoms with E-state index in [-0.39, 0.29) is 12.5 Å². The zero-order valence-electron chi connectivity index (χ0n) is 15.7. The van der Waals surface area contributed by atoms with E-state index >= 15 is 0 Å². The highest BCUT2D eigenvalue weighted by molar-refractivity contribution is 5.89. The van der Waals surface area contributed by atoms with E-state index < -0.39 is 5.97 Å². The zero-order valence-corrected chi connectivity index (χ0v) is 15.7. The number of furan rings is 1. The summed E-state index contributed by atoms with van der Waals surface area (Å²) in [6, 6.07) is 5.78. The summed E-state index contributed by atoms with van der Waals surface area (Å²) in [5.41, 5.74) is 3.02. The maximum atomic E-state index is 11.8. The summed E-state index contributed by atoms with van der Waals surface area (Å²) < 4.78 is 12.5. The number of carbonyl (C=O) groups excluding carboxylic acids is 2. The van der Waals surface area contributed by atoms with Crippen LogP contribution in [0.15, 0.2) is 35.0 Å². The maximum Gasteiger partial charge on any atom is 0.331 e. The van der Waals surface area contributed by atoms with Gasteiger partial charge in [0.15, 0.2) is 6.61 Å². The molecular weight excluding hydrogens is 332 g/mol. The minimum Gasteiger partial charge on any atom is -0.467 e. The number of amides is 1.